The minimum Gasteiger partial charge on any atom is -0.487 e. The summed E-state index contributed by atoms with van der Waals surface area (Å²) >= 11 is 2.25. The number of halogens is 4. The van der Waals surface area contributed by atoms with E-state index in [0.717, 1.165) is 71.0 Å². The first-order valence-electron chi connectivity index (χ1n) is 13.9. The van der Waals surface area contributed by atoms with E-state index in [4.69, 9.17) is 9.47 Å². The Bertz CT molecular complexity index is 913. The molecule has 1 aromatic rings. The van der Waals surface area contributed by atoms with Crippen LogP contribution in [0.15, 0.2) is 0 Å². The van der Waals surface area contributed by atoms with Gasteiger partial charge in [-0.3, -0.25) is 4.79 Å². The van der Waals surface area contributed by atoms with Gasteiger partial charge in [-0.25, -0.2) is 0 Å². The summed E-state index contributed by atoms with van der Waals surface area (Å²) in [5.41, 5.74) is 2.78. The molecule has 0 bridgehead atoms. The van der Waals surface area contributed by atoms with E-state index in [1.54, 1.807) is 0 Å². The van der Waals surface area contributed by atoms with Gasteiger partial charge in [-0.2, -0.15) is 13.2 Å². The number of carbonyl (C=O) groups is 1. The highest BCUT2D eigenvalue weighted by molar-refractivity contribution is 14.1. The minimum absolute atomic E-state index is 0.246. The number of rotatable bonds is 13. The first-order valence-corrected chi connectivity index (χ1v) is 15.0. The maximum absolute atomic E-state index is 13.4. The van der Waals surface area contributed by atoms with Crippen molar-refractivity contribution in [2.24, 2.45) is 17.8 Å². The highest BCUT2D eigenvalue weighted by Crippen LogP contribution is 2.46. The van der Waals surface area contributed by atoms with E-state index >= 15 is 0 Å². The lowest BCUT2D eigenvalue weighted by atomic mass is 9.85. The fraction of sp³-hybridized carbons (Fsp3) is 0.767. The van der Waals surface area contributed by atoms with Gasteiger partial charge in [0.15, 0.2) is 0 Å². The molecule has 3 unspecified atom stereocenters. The van der Waals surface area contributed by atoms with Crippen LogP contribution in [-0.4, -0.2) is 17.7 Å². The van der Waals surface area contributed by atoms with Crippen LogP contribution in [0, 0.1) is 35.2 Å². The monoisotopic (exact) mass is 638 g/mol. The zero-order chi connectivity index (χ0) is 28.0. The summed E-state index contributed by atoms with van der Waals surface area (Å²) in [5.74, 6) is 0.917. The lowest BCUT2D eigenvalue weighted by molar-refractivity contribution is -0.179. The van der Waals surface area contributed by atoms with Crippen LogP contribution >= 0.6 is 22.6 Å². The number of esters is 1. The third-order valence-corrected chi connectivity index (χ3v) is 9.07. The van der Waals surface area contributed by atoms with E-state index in [9.17, 15) is 18.0 Å². The van der Waals surface area contributed by atoms with Crippen molar-refractivity contribution < 1.29 is 27.4 Å². The Morgan fingerprint density at radius 3 is 2.19 bits per heavy atom. The van der Waals surface area contributed by atoms with Gasteiger partial charge in [0, 0.05) is 12.5 Å². The van der Waals surface area contributed by atoms with Crippen LogP contribution < -0.4 is 9.47 Å². The molecular formula is C30H46F3IO3. The number of benzene rings is 1. The van der Waals surface area contributed by atoms with Gasteiger partial charge in [0.05, 0.1) is 9.49 Å². The highest BCUT2D eigenvalue weighted by Gasteiger charge is 2.38. The van der Waals surface area contributed by atoms with Crippen molar-refractivity contribution in [2.75, 3.05) is 0 Å². The number of carbonyl (C=O) groups excluding carboxylic acids is 1. The summed E-state index contributed by atoms with van der Waals surface area (Å²) in [7, 11) is 0. The molecule has 1 heterocycles. The number of fused-ring (bicyclic) bond motifs is 1. The molecular weight excluding hydrogens is 592 g/mol. The molecule has 1 aliphatic rings. The van der Waals surface area contributed by atoms with E-state index in [1.165, 1.54) is 6.92 Å². The average Bonchev–Trinajstić information content (AvgIpc) is 2.78. The second-order valence-corrected chi connectivity index (χ2v) is 12.9. The molecule has 0 aliphatic carbocycles. The first kappa shape index (κ1) is 32.2. The van der Waals surface area contributed by atoms with Gasteiger partial charge in [-0.1, -0.05) is 52.9 Å². The highest BCUT2D eigenvalue weighted by atomic mass is 127. The van der Waals surface area contributed by atoms with Crippen molar-refractivity contribution in [3.05, 3.63) is 20.3 Å². The van der Waals surface area contributed by atoms with Gasteiger partial charge in [0.1, 0.15) is 17.1 Å². The fourth-order valence-electron chi connectivity index (χ4n) is 5.38. The summed E-state index contributed by atoms with van der Waals surface area (Å²) in [6.07, 6.45) is 4.06. The molecule has 0 saturated heterocycles. The predicted molar refractivity (Wildman–Crippen MR) is 152 cm³/mol. The van der Waals surface area contributed by atoms with Crippen molar-refractivity contribution in [2.45, 2.75) is 131 Å². The zero-order valence-electron chi connectivity index (χ0n) is 23.7. The smallest absolute Gasteiger partial charge is 0.391 e. The van der Waals surface area contributed by atoms with Crippen LogP contribution in [0.3, 0.4) is 0 Å². The van der Waals surface area contributed by atoms with Crippen molar-refractivity contribution in [3.63, 3.8) is 0 Å². The van der Waals surface area contributed by atoms with Crippen molar-refractivity contribution >= 4 is 28.6 Å². The molecule has 0 amide bonds. The Labute approximate surface area is 235 Å². The Kier molecular flexibility index (Phi) is 12.1. The normalized spacial score (nSPS) is 19.4. The van der Waals surface area contributed by atoms with E-state index in [2.05, 4.69) is 50.3 Å². The van der Waals surface area contributed by atoms with Crippen LogP contribution in [0.2, 0.25) is 0 Å². The molecule has 0 aromatic heterocycles. The van der Waals surface area contributed by atoms with Crippen LogP contribution in [-0.2, 0) is 11.2 Å². The van der Waals surface area contributed by atoms with Gasteiger partial charge in [0.2, 0.25) is 0 Å². The fourth-order valence-corrected chi connectivity index (χ4v) is 6.41. The summed E-state index contributed by atoms with van der Waals surface area (Å²) in [6, 6.07) is 0. The Morgan fingerprint density at radius 1 is 1.03 bits per heavy atom. The van der Waals surface area contributed by atoms with Crippen LogP contribution in [0.5, 0.6) is 11.5 Å². The third-order valence-electron chi connectivity index (χ3n) is 7.93. The largest absolute Gasteiger partial charge is 0.487 e. The maximum atomic E-state index is 13.4. The van der Waals surface area contributed by atoms with Crippen molar-refractivity contribution in [1.29, 1.82) is 0 Å². The molecule has 0 fully saturated rings. The second kappa shape index (κ2) is 13.9. The second-order valence-electron chi connectivity index (χ2n) is 11.8. The predicted octanol–water partition coefficient (Wildman–Crippen LogP) is 9.90. The summed E-state index contributed by atoms with van der Waals surface area (Å²) in [6.45, 7) is 13.8. The van der Waals surface area contributed by atoms with Gasteiger partial charge < -0.3 is 9.47 Å². The molecule has 3 nitrogen and oxygen atoms in total. The molecule has 1 aliphatic heterocycles. The van der Waals surface area contributed by atoms with Crippen LogP contribution in [0.4, 0.5) is 13.2 Å². The molecule has 0 N–H and O–H groups in total. The molecule has 0 radical (unpaired) electrons. The first-order chi connectivity index (χ1) is 17.1. The molecule has 0 saturated carbocycles. The van der Waals surface area contributed by atoms with E-state index < -0.39 is 12.1 Å². The Hall–Kier alpha value is -0.990. The van der Waals surface area contributed by atoms with Gasteiger partial charge in [-0.15, -0.1) is 0 Å². The summed E-state index contributed by atoms with van der Waals surface area (Å²) in [5, 5.41) is 0. The lowest BCUT2D eigenvalue weighted by Crippen LogP contribution is -2.37. The number of hydrogen-bond donors (Lipinski definition) is 0. The molecule has 1 aromatic carbocycles. The molecule has 2 rings (SSSR count). The van der Waals surface area contributed by atoms with Crippen molar-refractivity contribution in [3.8, 4) is 11.5 Å². The Morgan fingerprint density at radius 2 is 1.62 bits per heavy atom. The minimum atomic E-state index is -4.09. The topological polar surface area (TPSA) is 35.5 Å². The molecule has 3 atom stereocenters. The average molecular weight is 639 g/mol. The van der Waals surface area contributed by atoms with E-state index in [1.807, 2.05) is 13.8 Å². The van der Waals surface area contributed by atoms with Crippen LogP contribution in [0.1, 0.15) is 116 Å². The molecule has 37 heavy (non-hydrogen) atoms. The molecule has 212 valence electrons. The van der Waals surface area contributed by atoms with E-state index in [-0.39, 0.29) is 24.4 Å². The van der Waals surface area contributed by atoms with E-state index in [0.29, 0.717) is 30.4 Å². The van der Waals surface area contributed by atoms with Gasteiger partial charge >= 0.3 is 12.1 Å². The van der Waals surface area contributed by atoms with Crippen molar-refractivity contribution in [1.82, 2.24) is 0 Å². The molecule has 7 heteroatoms. The summed E-state index contributed by atoms with van der Waals surface area (Å²) < 4.78 is 53.4. The maximum Gasteiger partial charge on any atom is 0.391 e. The van der Waals surface area contributed by atoms with Crippen LogP contribution in [0.25, 0.3) is 0 Å². The number of ether oxygens (including phenoxy) is 2. The lowest BCUT2D eigenvalue weighted by Gasteiger charge is -2.38. The van der Waals surface area contributed by atoms with Gasteiger partial charge in [0.25, 0.3) is 0 Å². The summed E-state index contributed by atoms with van der Waals surface area (Å²) in [4.78, 5) is 11.6. The quantitative estimate of drug-likeness (QED) is 0.123. The number of alkyl halides is 3. The SMILES string of the molecule is CC(=O)Oc1c(C)c(C)c2c(c1I)CCC(C)(CCCC(C)CCCC(CCCC(C)C)C(F)(F)F)O2. The van der Waals surface area contributed by atoms with Gasteiger partial charge in [-0.05, 0) is 105 Å². The third kappa shape index (κ3) is 9.61. The Balaban J connectivity index is 1.87. The number of hydrogen-bond acceptors (Lipinski definition) is 3. The standard InChI is InChI=1S/C30H46F3IO3/c1-19(2)11-8-14-24(30(31,32)33)15-9-12-20(3)13-10-17-29(7)18-16-25-26(34)28(36-23(6)35)22(5)21(4)27(25)37-29/h19-20,24H,8-18H2,1-7H3. The molecule has 0 spiro atoms. The zero-order valence-corrected chi connectivity index (χ0v) is 25.9.